The van der Waals surface area contributed by atoms with Gasteiger partial charge in [0.25, 0.3) is 0 Å². The van der Waals surface area contributed by atoms with Gasteiger partial charge in [-0.15, -0.1) is 0 Å². The van der Waals surface area contributed by atoms with Crippen LogP contribution in [-0.2, 0) is 28.5 Å². The molecular formula is C26H30N6O7. The zero-order valence-electron chi connectivity index (χ0n) is 21.6. The first-order chi connectivity index (χ1) is 19.1. The molecule has 13 nitrogen and oxygen atoms in total. The van der Waals surface area contributed by atoms with E-state index in [-0.39, 0.29) is 25.6 Å². The first-order valence-electron chi connectivity index (χ1n) is 12.7. The van der Waals surface area contributed by atoms with Crippen LogP contribution in [0.4, 0.5) is 10.6 Å². The number of aromatic nitrogens is 4. The largest absolute Gasteiger partial charge is 0.464 e. The van der Waals surface area contributed by atoms with Gasteiger partial charge in [-0.1, -0.05) is 36.4 Å². The lowest BCUT2D eigenvalue weighted by Gasteiger charge is -2.20. The molecule has 2 amide bonds. The summed E-state index contributed by atoms with van der Waals surface area (Å²) in [6.07, 6.45) is 3.80. The smallest absolute Gasteiger partial charge is 0.332 e. The predicted molar refractivity (Wildman–Crippen MR) is 138 cm³/mol. The maximum absolute atomic E-state index is 12.1. The number of fused-ring (bicyclic) bond motifs is 2. The molecule has 5 rings (SSSR count). The van der Waals surface area contributed by atoms with Crippen molar-refractivity contribution < 1.29 is 33.3 Å². The maximum atomic E-state index is 12.1. The lowest BCUT2D eigenvalue weighted by atomic mass is 10.1. The first kappa shape index (κ1) is 26.7. The fourth-order valence-electron chi connectivity index (χ4n) is 4.46. The summed E-state index contributed by atoms with van der Waals surface area (Å²) >= 11 is 0. The number of imidazole rings is 1. The molecule has 4 unspecified atom stereocenters. The van der Waals surface area contributed by atoms with Crippen molar-refractivity contribution in [2.75, 3.05) is 31.7 Å². The fraction of sp³-hybridized carbons (Fsp3) is 0.423. The topological polar surface area (TPSA) is 148 Å². The number of nitrogens with one attached hydrogen (secondary N) is 2. The quantitative estimate of drug-likeness (QED) is 0.368. The van der Waals surface area contributed by atoms with E-state index in [1.807, 2.05) is 49.4 Å². The highest BCUT2D eigenvalue weighted by atomic mass is 16.8. The molecule has 0 saturated carbocycles. The first-order valence-corrected chi connectivity index (χ1v) is 12.7. The van der Waals surface area contributed by atoms with Crippen molar-refractivity contribution in [2.24, 2.45) is 0 Å². The second-order valence-electron chi connectivity index (χ2n) is 8.76. The molecule has 1 aromatic carbocycles. The number of nitrogens with zero attached hydrogens (tertiary/aromatic N) is 4. The Morgan fingerprint density at radius 1 is 1.08 bits per heavy atom. The Hall–Kier alpha value is -3.91. The summed E-state index contributed by atoms with van der Waals surface area (Å²) < 4.78 is 31.0. The fourth-order valence-corrected chi connectivity index (χ4v) is 4.46. The van der Waals surface area contributed by atoms with Gasteiger partial charge in [-0.3, -0.25) is 9.88 Å². The van der Waals surface area contributed by atoms with Gasteiger partial charge in [0, 0.05) is 6.54 Å². The summed E-state index contributed by atoms with van der Waals surface area (Å²) in [5, 5.41) is 5.35. The summed E-state index contributed by atoms with van der Waals surface area (Å²) in [6, 6.07) is 9.41. The van der Waals surface area contributed by atoms with Crippen LogP contribution in [-0.4, -0.2) is 82.5 Å². The molecule has 4 heterocycles. The van der Waals surface area contributed by atoms with Crippen molar-refractivity contribution in [3.05, 3.63) is 54.6 Å². The van der Waals surface area contributed by atoms with Gasteiger partial charge >= 0.3 is 12.0 Å². The van der Waals surface area contributed by atoms with E-state index in [2.05, 4.69) is 25.6 Å². The van der Waals surface area contributed by atoms with Gasteiger partial charge in [-0.25, -0.2) is 24.5 Å². The Bertz CT molecular complexity index is 1320. The predicted octanol–water partition coefficient (Wildman–Crippen LogP) is 2.27. The van der Waals surface area contributed by atoms with Gasteiger partial charge in [0.05, 0.1) is 19.5 Å². The number of benzene rings is 1. The van der Waals surface area contributed by atoms with Crippen molar-refractivity contribution in [1.82, 2.24) is 24.8 Å². The van der Waals surface area contributed by atoms with Crippen molar-refractivity contribution in [1.29, 1.82) is 0 Å². The van der Waals surface area contributed by atoms with Crippen LogP contribution in [0, 0.1) is 0 Å². The number of esters is 1. The number of anilines is 1. The lowest BCUT2D eigenvalue weighted by molar-refractivity contribution is -0.155. The standard InChI is InChI=1S/C26H30N6O7/c1-3-27-26(34)31-23-20-24(29-14-28-23)32(15-30-20)25-22-21(17(37-25)12-35-13-18(33)36-4-2)38-19(39-22)11-10-16-8-6-5-7-9-16/h5-11,14-15,17,19,21-22,25H,3-4,12-13H2,1-2H3,(H2,27,28,29,31,34)/t17?,19-,21?,22?,25?/m0/s1. The van der Waals surface area contributed by atoms with E-state index in [4.69, 9.17) is 23.7 Å². The minimum Gasteiger partial charge on any atom is -0.464 e. The molecule has 0 bridgehead atoms. The SMILES string of the molecule is CCNC(=O)Nc1ncnc2c1ncn2C1OC(COCC(=O)OCC)C2O[C@H](C=Cc3ccccc3)OC21. The van der Waals surface area contributed by atoms with Gasteiger partial charge in [0.1, 0.15) is 31.2 Å². The van der Waals surface area contributed by atoms with E-state index < -0.39 is 42.8 Å². The monoisotopic (exact) mass is 538 g/mol. The van der Waals surface area contributed by atoms with E-state index in [9.17, 15) is 9.59 Å². The molecular weight excluding hydrogens is 508 g/mol. The third-order valence-electron chi connectivity index (χ3n) is 6.12. The Balaban J connectivity index is 1.37. The molecule has 3 aromatic rings. The minimum atomic E-state index is -0.668. The molecule has 2 aliphatic rings. The van der Waals surface area contributed by atoms with Gasteiger partial charge in [-0.2, -0.15) is 0 Å². The summed E-state index contributed by atoms with van der Waals surface area (Å²) in [4.78, 5) is 36.8. The molecule has 0 radical (unpaired) electrons. The van der Waals surface area contributed by atoms with E-state index in [1.165, 1.54) is 6.33 Å². The van der Waals surface area contributed by atoms with E-state index in [1.54, 1.807) is 17.8 Å². The molecule has 5 atom stereocenters. The molecule has 13 heteroatoms. The van der Waals surface area contributed by atoms with Crippen LogP contribution in [0.3, 0.4) is 0 Å². The maximum Gasteiger partial charge on any atom is 0.332 e. The molecule has 2 aliphatic heterocycles. The Labute approximate surface area is 224 Å². The van der Waals surface area contributed by atoms with Crippen molar-refractivity contribution >= 4 is 35.1 Å². The number of ether oxygens (including phenoxy) is 5. The van der Waals surface area contributed by atoms with E-state index >= 15 is 0 Å². The number of hydrogen-bond acceptors (Lipinski definition) is 10. The molecule has 2 N–H and O–H groups in total. The molecule has 0 spiro atoms. The Kier molecular flexibility index (Phi) is 8.42. The summed E-state index contributed by atoms with van der Waals surface area (Å²) in [5.74, 6) is -0.193. The highest BCUT2D eigenvalue weighted by Gasteiger charge is 2.53. The van der Waals surface area contributed by atoms with E-state index in [0.717, 1.165) is 5.56 Å². The van der Waals surface area contributed by atoms with Crippen LogP contribution in [0.5, 0.6) is 0 Å². The molecule has 2 fully saturated rings. The Morgan fingerprint density at radius 2 is 1.90 bits per heavy atom. The molecule has 0 aliphatic carbocycles. The van der Waals surface area contributed by atoms with Crippen LogP contribution >= 0.6 is 0 Å². The second kappa shape index (κ2) is 12.3. The second-order valence-corrected chi connectivity index (χ2v) is 8.76. The average Bonchev–Trinajstić information content (AvgIpc) is 3.63. The molecule has 2 aromatic heterocycles. The lowest BCUT2D eigenvalue weighted by Crippen LogP contribution is -2.32. The number of amides is 2. The normalized spacial score (nSPS) is 24.2. The third kappa shape index (κ3) is 6.06. The van der Waals surface area contributed by atoms with E-state index in [0.29, 0.717) is 17.7 Å². The number of carbonyl (C=O) groups excluding carboxylic acids is 2. The Morgan fingerprint density at radius 3 is 2.69 bits per heavy atom. The van der Waals surface area contributed by atoms with Crippen LogP contribution in [0.1, 0.15) is 25.6 Å². The zero-order chi connectivity index (χ0) is 27.2. The van der Waals surface area contributed by atoms with Gasteiger partial charge < -0.3 is 29.0 Å². The number of urea groups is 1. The number of rotatable bonds is 10. The van der Waals surface area contributed by atoms with Crippen LogP contribution in [0.15, 0.2) is 49.1 Å². The van der Waals surface area contributed by atoms with Gasteiger partial charge in [0.2, 0.25) is 0 Å². The summed E-state index contributed by atoms with van der Waals surface area (Å²) in [6.45, 7) is 4.16. The summed E-state index contributed by atoms with van der Waals surface area (Å²) in [5.41, 5.74) is 1.85. The minimum absolute atomic E-state index is 0.0839. The number of carbonyl (C=O) groups is 2. The van der Waals surface area contributed by atoms with Gasteiger partial charge in [0.15, 0.2) is 29.5 Å². The molecule has 2 saturated heterocycles. The molecule has 206 valence electrons. The van der Waals surface area contributed by atoms with Crippen molar-refractivity contribution in [3.63, 3.8) is 0 Å². The third-order valence-corrected chi connectivity index (χ3v) is 6.12. The summed E-state index contributed by atoms with van der Waals surface area (Å²) in [7, 11) is 0. The number of hydrogen-bond donors (Lipinski definition) is 2. The zero-order valence-corrected chi connectivity index (χ0v) is 21.6. The van der Waals surface area contributed by atoms with Crippen molar-refractivity contribution in [3.8, 4) is 0 Å². The highest BCUT2D eigenvalue weighted by molar-refractivity contribution is 5.95. The van der Waals surface area contributed by atoms with Crippen LogP contribution in [0.2, 0.25) is 0 Å². The molecule has 39 heavy (non-hydrogen) atoms. The van der Waals surface area contributed by atoms with Crippen molar-refractivity contribution in [2.45, 2.75) is 44.7 Å². The average molecular weight is 539 g/mol. The van der Waals surface area contributed by atoms with Gasteiger partial charge in [-0.05, 0) is 25.5 Å². The van der Waals surface area contributed by atoms with Crippen LogP contribution < -0.4 is 10.6 Å². The van der Waals surface area contributed by atoms with Crippen LogP contribution in [0.25, 0.3) is 17.2 Å². The highest BCUT2D eigenvalue weighted by Crippen LogP contribution is 2.41.